The highest BCUT2D eigenvalue weighted by Gasteiger charge is 2.11. The Hall–Kier alpha value is -2.01. The molecule has 2 aromatic rings. The Bertz CT molecular complexity index is 540. The average Bonchev–Trinajstić information content (AvgIpc) is 2.27. The number of methoxy groups -OCH3 is 1. The van der Waals surface area contributed by atoms with Crippen LogP contribution >= 0.6 is 11.6 Å². The number of benzene rings is 1. The summed E-state index contributed by atoms with van der Waals surface area (Å²) in [4.78, 5) is 7.60. The molecular weight excluding hydrogens is 244 g/mol. The van der Waals surface area contributed by atoms with Crippen LogP contribution in [0, 0.1) is 0 Å². The average molecular weight is 253 g/mol. The number of aromatic hydroxyl groups is 2. The maximum Gasteiger partial charge on any atom is 0.218 e. The molecule has 1 heterocycles. The number of rotatable bonds is 2. The lowest BCUT2D eigenvalue weighted by Gasteiger charge is -2.08. The van der Waals surface area contributed by atoms with E-state index >= 15 is 0 Å². The summed E-state index contributed by atoms with van der Waals surface area (Å²) >= 11 is 5.87. The monoisotopic (exact) mass is 252 g/mol. The van der Waals surface area contributed by atoms with E-state index in [2.05, 4.69) is 9.97 Å². The topological polar surface area (TPSA) is 75.5 Å². The molecule has 5 nitrogen and oxygen atoms in total. The SMILES string of the molecule is COc1ccc(Cl)cc1-c1nc(O)cc(O)n1. The first-order valence-electron chi connectivity index (χ1n) is 4.71. The molecule has 0 amide bonds. The van der Waals surface area contributed by atoms with Gasteiger partial charge in [0.05, 0.1) is 18.7 Å². The highest BCUT2D eigenvalue weighted by atomic mass is 35.5. The summed E-state index contributed by atoms with van der Waals surface area (Å²) in [7, 11) is 1.50. The summed E-state index contributed by atoms with van der Waals surface area (Å²) in [5.74, 6) is -0.00897. The van der Waals surface area contributed by atoms with Crippen molar-refractivity contribution in [3.63, 3.8) is 0 Å². The fourth-order valence-corrected chi connectivity index (χ4v) is 1.57. The fraction of sp³-hybridized carbons (Fsp3) is 0.0909. The third-order valence-corrected chi connectivity index (χ3v) is 2.34. The van der Waals surface area contributed by atoms with Crippen molar-refractivity contribution in [1.82, 2.24) is 9.97 Å². The third kappa shape index (κ3) is 2.39. The first kappa shape index (κ1) is 11.5. The Morgan fingerprint density at radius 2 is 1.76 bits per heavy atom. The molecule has 2 N–H and O–H groups in total. The number of hydrogen-bond acceptors (Lipinski definition) is 5. The lowest BCUT2D eigenvalue weighted by Crippen LogP contribution is -1.93. The van der Waals surface area contributed by atoms with E-state index in [-0.39, 0.29) is 17.6 Å². The Kier molecular flexibility index (Phi) is 3.01. The summed E-state index contributed by atoms with van der Waals surface area (Å²) in [5, 5.41) is 19.1. The van der Waals surface area contributed by atoms with Crippen LogP contribution in [0.5, 0.6) is 17.5 Å². The van der Waals surface area contributed by atoms with Gasteiger partial charge in [-0.2, -0.15) is 9.97 Å². The number of hydrogen-bond donors (Lipinski definition) is 2. The second kappa shape index (κ2) is 4.47. The molecule has 0 aliphatic rings. The third-order valence-electron chi connectivity index (χ3n) is 2.10. The minimum atomic E-state index is -0.325. The first-order valence-corrected chi connectivity index (χ1v) is 5.09. The molecule has 0 aliphatic heterocycles. The minimum Gasteiger partial charge on any atom is -0.496 e. The van der Waals surface area contributed by atoms with Gasteiger partial charge in [-0.25, -0.2) is 0 Å². The van der Waals surface area contributed by atoms with E-state index in [1.807, 2.05) is 0 Å². The molecule has 0 unspecified atom stereocenters. The van der Waals surface area contributed by atoms with Crippen LogP contribution in [0.3, 0.4) is 0 Å². The van der Waals surface area contributed by atoms with Gasteiger partial charge in [-0.1, -0.05) is 11.6 Å². The molecule has 0 fully saturated rings. The lowest BCUT2D eigenvalue weighted by molar-refractivity contribution is 0.413. The Labute approximate surface area is 102 Å². The standard InChI is InChI=1S/C11H9ClN2O3/c1-17-8-3-2-6(12)4-7(8)11-13-9(15)5-10(16)14-11/h2-5H,1H3,(H2,13,14,15,16). The fourth-order valence-electron chi connectivity index (χ4n) is 1.40. The van der Waals surface area contributed by atoms with Crippen LogP contribution in [0.1, 0.15) is 0 Å². The van der Waals surface area contributed by atoms with Gasteiger partial charge in [0.15, 0.2) is 5.82 Å². The zero-order valence-corrected chi connectivity index (χ0v) is 9.64. The van der Waals surface area contributed by atoms with Crippen LogP contribution in [-0.4, -0.2) is 27.3 Å². The van der Waals surface area contributed by atoms with Gasteiger partial charge in [-0.05, 0) is 18.2 Å². The van der Waals surface area contributed by atoms with Crippen molar-refractivity contribution >= 4 is 11.6 Å². The Morgan fingerprint density at radius 3 is 2.35 bits per heavy atom. The van der Waals surface area contributed by atoms with Gasteiger partial charge >= 0.3 is 0 Å². The maximum absolute atomic E-state index is 9.30. The highest BCUT2D eigenvalue weighted by Crippen LogP contribution is 2.31. The van der Waals surface area contributed by atoms with Crippen LogP contribution in [0.15, 0.2) is 24.3 Å². The van der Waals surface area contributed by atoms with E-state index in [9.17, 15) is 10.2 Å². The number of ether oxygens (including phenoxy) is 1. The van der Waals surface area contributed by atoms with E-state index < -0.39 is 0 Å². The van der Waals surface area contributed by atoms with E-state index in [1.165, 1.54) is 7.11 Å². The van der Waals surface area contributed by atoms with Crippen LogP contribution < -0.4 is 4.74 Å². The molecule has 0 spiro atoms. The summed E-state index contributed by atoms with van der Waals surface area (Å²) in [5.41, 5.74) is 0.492. The molecule has 88 valence electrons. The van der Waals surface area contributed by atoms with Crippen LogP contribution in [0.25, 0.3) is 11.4 Å². The Morgan fingerprint density at radius 1 is 1.12 bits per heavy atom. The molecule has 0 bridgehead atoms. The summed E-state index contributed by atoms with van der Waals surface area (Å²) in [6.45, 7) is 0. The molecular formula is C11H9ClN2O3. The summed E-state index contributed by atoms with van der Waals surface area (Å²) < 4.78 is 5.13. The predicted molar refractivity (Wildman–Crippen MR) is 62.4 cm³/mol. The molecule has 6 heteroatoms. The molecule has 1 aromatic carbocycles. The minimum absolute atomic E-state index is 0.141. The van der Waals surface area contributed by atoms with E-state index in [4.69, 9.17) is 16.3 Å². The van der Waals surface area contributed by atoms with Gasteiger partial charge in [-0.15, -0.1) is 0 Å². The molecule has 0 saturated carbocycles. The van der Waals surface area contributed by atoms with Crippen LogP contribution in [0.4, 0.5) is 0 Å². The molecule has 17 heavy (non-hydrogen) atoms. The number of halogens is 1. The predicted octanol–water partition coefficient (Wildman–Crippen LogP) is 2.22. The van der Waals surface area contributed by atoms with Gasteiger partial charge in [-0.3, -0.25) is 0 Å². The number of nitrogens with zero attached hydrogens (tertiary/aromatic N) is 2. The van der Waals surface area contributed by atoms with Gasteiger partial charge in [0.2, 0.25) is 11.8 Å². The summed E-state index contributed by atoms with van der Waals surface area (Å²) in [6.07, 6.45) is 0. The zero-order chi connectivity index (χ0) is 12.4. The normalized spacial score (nSPS) is 10.2. The van der Waals surface area contributed by atoms with Crippen molar-refractivity contribution in [3.8, 4) is 28.9 Å². The molecule has 0 saturated heterocycles. The maximum atomic E-state index is 9.30. The van der Waals surface area contributed by atoms with Crippen molar-refractivity contribution in [2.45, 2.75) is 0 Å². The van der Waals surface area contributed by atoms with E-state index in [0.29, 0.717) is 16.3 Å². The molecule has 2 rings (SSSR count). The van der Waals surface area contributed by atoms with Crippen molar-refractivity contribution in [2.24, 2.45) is 0 Å². The second-order valence-electron chi connectivity index (χ2n) is 3.25. The molecule has 0 aliphatic carbocycles. The Balaban J connectivity index is 2.62. The largest absolute Gasteiger partial charge is 0.496 e. The molecule has 0 radical (unpaired) electrons. The van der Waals surface area contributed by atoms with Gasteiger partial charge < -0.3 is 14.9 Å². The van der Waals surface area contributed by atoms with Gasteiger partial charge in [0.25, 0.3) is 0 Å². The van der Waals surface area contributed by atoms with E-state index in [0.717, 1.165) is 6.07 Å². The van der Waals surface area contributed by atoms with Crippen LogP contribution in [0.2, 0.25) is 5.02 Å². The second-order valence-corrected chi connectivity index (χ2v) is 3.69. The van der Waals surface area contributed by atoms with Crippen molar-refractivity contribution in [2.75, 3.05) is 7.11 Å². The van der Waals surface area contributed by atoms with Gasteiger partial charge in [0.1, 0.15) is 5.75 Å². The van der Waals surface area contributed by atoms with Crippen molar-refractivity contribution < 1.29 is 14.9 Å². The zero-order valence-electron chi connectivity index (χ0n) is 8.88. The quantitative estimate of drug-likeness (QED) is 0.857. The molecule has 0 atom stereocenters. The van der Waals surface area contributed by atoms with Gasteiger partial charge in [0, 0.05) is 5.02 Å². The van der Waals surface area contributed by atoms with Crippen LogP contribution in [-0.2, 0) is 0 Å². The number of aromatic nitrogens is 2. The molecule has 1 aromatic heterocycles. The van der Waals surface area contributed by atoms with E-state index in [1.54, 1.807) is 18.2 Å². The first-order chi connectivity index (χ1) is 8.10. The smallest absolute Gasteiger partial charge is 0.218 e. The summed E-state index contributed by atoms with van der Waals surface area (Å²) in [6, 6.07) is 5.95. The van der Waals surface area contributed by atoms with Crippen molar-refractivity contribution in [1.29, 1.82) is 0 Å². The highest BCUT2D eigenvalue weighted by molar-refractivity contribution is 6.30. The van der Waals surface area contributed by atoms with Crippen molar-refractivity contribution in [3.05, 3.63) is 29.3 Å². The lowest BCUT2D eigenvalue weighted by atomic mass is 10.2.